The Kier molecular flexibility index (Phi) is 7.94. The van der Waals surface area contributed by atoms with E-state index in [2.05, 4.69) is 34.5 Å². The fourth-order valence-electron chi connectivity index (χ4n) is 3.88. The third-order valence-electron chi connectivity index (χ3n) is 5.60. The van der Waals surface area contributed by atoms with E-state index in [0.717, 1.165) is 56.8 Å². The lowest BCUT2D eigenvalue weighted by Crippen LogP contribution is -2.40. The summed E-state index contributed by atoms with van der Waals surface area (Å²) in [5, 5.41) is 3.12. The summed E-state index contributed by atoms with van der Waals surface area (Å²) in [5.74, 6) is 1.83. The predicted molar refractivity (Wildman–Crippen MR) is 115 cm³/mol. The number of methoxy groups -OCH3 is 2. The number of piperidine rings is 1. The number of rotatable bonds is 9. The third-order valence-corrected chi connectivity index (χ3v) is 5.60. The molecule has 2 aromatic carbocycles. The smallest absolute Gasteiger partial charge is 0.223 e. The molecular formula is C24H32N2O3. The van der Waals surface area contributed by atoms with Gasteiger partial charge in [-0.25, -0.2) is 0 Å². The Morgan fingerprint density at radius 2 is 1.72 bits per heavy atom. The van der Waals surface area contributed by atoms with E-state index < -0.39 is 0 Å². The molecule has 1 heterocycles. The van der Waals surface area contributed by atoms with E-state index in [9.17, 15) is 4.79 Å². The van der Waals surface area contributed by atoms with Gasteiger partial charge in [-0.05, 0) is 62.0 Å². The van der Waals surface area contributed by atoms with E-state index in [0.29, 0.717) is 6.54 Å². The summed E-state index contributed by atoms with van der Waals surface area (Å²) >= 11 is 0. The van der Waals surface area contributed by atoms with Gasteiger partial charge in [0.25, 0.3) is 0 Å². The molecule has 0 spiro atoms. The molecule has 0 atom stereocenters. The number of ether oxygens (including phenoxy) is 2. The summed E-state index contributed by atoms with van der Waals surface area (Å²) in [4.78, 5) is 14.9. The zero-order chi connectivity index (χ0) is 20.5. The number of amides is 1. The summed E-state index contributed by atoms with van der Waals surface area (Å²) in [7, 11) is 3.28. The van der Waals surface area contributed by atoms with Crippen LogP contribution in [0.1, 0.15) is 30.4 Å². The average molecular weight is 397 g/mol. The second kappa shape index (κ2) is 10.9. The van der Waals surface area contributed by atoms with Crippen LogP contribution in [0.2, 0.25) is 0 Å². The lowest BCUT2D eigenvalue weighted by Gasteiger charge is -2.31. The first-order valence-electron chi connectivity index (χ1n) is 10.4. The quantitative estimate of drug-likeness (QED) is 0.657. The minimum atomic E-state index is 0.142. The Labute approximate surface area is 174 Å². The van der Waals surface area contributed by atoms with Crippen LogP contribution >= 0.6 is 0 Å². The molecule has 0 aromatic heterocycles. The third kappa shape index (κ3) is 6.23. The fourth-order valence-corrected chi connectivity index (χ4v) is 3.88. The zero-order valence-corrected chi connectivity index (χ0v) is 17.5. The van der Waals surface area contributed by atoms with E-state index >= 15 is 0 Å². The van der Waals surface area contributed by atoms with Crippen LogP contribution in [0, 0.1) is 5.92 Å². The Morgan fingerprint density at radius 3 is 2.41 bits per heavy atom. The topological polar surface area (TPSA) is 50.8 Å². The van der Waals surface area contributed by atoms with Gasteiger partial charge in [-0.15, -0.1) is 0 Å². The van der Waals surface area contributed by atoms with Crippen LogP contribution in [0.15, 0.2) is 48.5 Å². The minimum Gasteiger partial charge on any atom is -0.493 e. The van der Waals surface area contributed by atoms with Crippen molar-refractivity contribution in [1.29, 1.82) is 0 Å². The lowest BCUT2D eigenvalue weighted by atomic mass is 9.95. The van der Waals surface area contributed by atoms with Crippen molar-refractivity contribution in [3.05, 3.63) is 59.7 Å². The van der Waals surface area contributed by atoms with Gasteiger partial charge in [-0.1, -0.05) is 36.4 Å². The highest BCUT2D eigenvalue weighted by Gasteiger charge is 2.24. The van der Waals surface area contributed by atoms with E-state index in [-0.39, 0.29) is 11.8 Å². The maximum absolute atomic E-state index is 12.5. The van der Waals surface area contributed by atoms with Gasteiger partial charge in [-0.2, -0.15) is 0 Å². The molecule has 5 nitrogen and oxygen atoms in total. The summed E-state index contributed by atoms with van der Waals surface area (Å²) in [6.07, 6.45) is 3.69. The number of nitrogens with one attached hydrogen (secondary N) is 1. The molecule has 2 aromatic rings. The first-order valence-corrected chi connectivity index (χ1v) is 10.4. The molecule has 1 saturated heterocycles. The van der Waals surface area contributed by atoms with Crippen molar-refractivity contribution < 1.29 is 14.3 Å². The van der Waals surface area contributed by atoms with Crippen molar-refractivity contribution in [2.45, 2.75) is 32.2 Å². The van der Waals surface area contributed by atoms with Crippen molar-refractivity contribution in [3.63, 3.8) is 0 Å². The summed E-state index contributed by atoms with van der Waals surface area (Å²) < 4.78 is 10.6. The Morgan fingerprint density at radius 1 is 1.00 bits per heavy atom. The van der Waals surface area contributed by atoms with Crippen LogP contribution in [-0.2, 0) is 17.8 Å². The molecule has 0 aliphatic carbocycles. The highest BCUT2D eigenvalue weighted by molar-refractivity contribution is 5.78. The molecule has 156 valence electrons. The Hall–Kier alpha value is -2.53. The minimum absolute atomic E-state index is 0.142. The predicted octanol–water partition coefficient (Wildman–Crippen LogP) is 3.66. The van der Waals surface area contributed by atoms with Crippen LogP contribution in [-0.4, -0.2) is 44.7 Å². The van der Waals surface area contributed by atoms with Gasteiger partial charge >= 0.3 is 0 Å². The van der Waals surface area contributed by atoms with Crippen molar-refractivity contribution in [2.75, 3.05) is 33.9 Å². The summed E-state index contributed by atoms with van der Waals surface area (Å²) in [6, 6.07) is 16.5. The first-order chi connectivity index (χ1) is 14.2. The Bertz CT molecular complexity index is 771. The molecule has 3 rings (SSSR count). The zero-order valence-electron chi connectivity index (χ0n) is 17.5. The summed E-state index contributed by atoms with van der Waals surface area (Å²) in [6.45, 7) is 3.65. The number of aryl methyl sites for hydroxylation is 1. The maximum Gasteiger partial charge on any atom is 0.223 e. The number of benzene rings is 2. The molecular weight excluding hydrogens is 364 g/mol. The van der Waals surface area contributed by atoms with Gasteiger partial charge in [0.15, 0.2) is 11.5 Å². The standard InChI is InChI=1S/C24H32N2O3/c1-28-22-11-10-19(17-23(22)29-2)9-6-14-25-24(27)21-12-15-26(16-13-21)18-20-7-4-3-5-8-20/h3-5,7-8,10-11,17,21H,6,9,12-16,18H2,1-2H3,(H,25,27). The van der Waals surface area contributed by atoms with Crippen LogP contribution in [0.5, 0.6) is 11.5 Å². The molecule has 1 N–H and O–H groups in total. The van der Waals surface area contributed by atoms with Gasteiger partial charge < -0.3 is 14.8 Å². The van der Waals surface area contributed by atoms with E-state index in [4.69, 9.17) is 9.47 Å². The molecule has 1 fully saturated rings. The molecule has 1 aliphatic rings. The monoisotopic (exact) mass is 396 g/mol. The SMILES string of the molecule is COc1ccc(CCCNC(=O)C2CCN(Cc3ccccc3)CC2)cc1OC. The highest BCUT2D eigenvalue weighted by Crippen LogP contribution is 2.28. The van der Waals surface area contributed by atoms with Gasteiger partial charge in [0.1, 0.15) is 0 Å². The van der Waals surface area contributed by atoms with Crippen molar-refractivity contribution in [2.24, 2.45) is 5.92 Å². The first kappa shape index (κ1) is 21.2. The van der Waals surface area contributed by atoms with Crippen molar-refractivity contribution in [1.82, 2.24) is 10.2 Å². The normalized spacial score (nSPS) is 15.1. The van der Waals surface area contributed by atoms with E-state index in [1.165, 1.54) is 11.1 Å². The van der Waals surface area contributed by atoms with Crippen molar-refractivity contribution >= 4 is 5.91 Å². The van der Waals surface area contributed by atoms with Crippen LogP contribution < -0.4 is 14.8 Å². The maximum atomic E-state index is 12.5. The fraction of sp³-hybridized carbons (Fsp3) is 0.458. The average Bonchev–Trinajstić information content (AvgIpc) is 2.77. The molecule has 0 radical (unpaired) electrons. The lowest BCUT2D eigenvalue weighted by molar-refractivity contribution is -0.126. The number of carbonyl (C=O) groups excluding carboxylic acids is 1. The van der Waals surface area contributed by atoms with Crippen LogP contribution in [0.3, 0.4) is 0 Å². The van der Waals surface area contributed by atoms with Gasteiger partial charge in [0.05, 0.1) is 14.2 Å². The largest absolute Gasteiger partial charge is 0.493 e. The summed E-state index contributed by atoms with van der Waals surface area (Å²) in [5.41, 5.74) is 2.52. The molecule has 0 unspecified atom stereocenters. The number of carbonyl (C=O) groups is 1. The molecule has 0 bridgehead atoms. The number of hydrogen-bond donors (Lipinski definition) is 1. The van der Waals surface area contributed by atoms with Gasteiger partial charge in [0.2, 0.25) is 5.91 Å². The molecule has 5 heteroatoms. The number of likely N-dealkylation sites (tertiary alicyclic amines) is 1. The van der Waals surface area contributed by atoms with Gasteiger partial charge in [-0.3, -0.25) is 9.69 Å². The van der Waals surface area contributed by atoms with Crippen LogP contribution in [0.25, 0.3) is 0 Å². The van der Waals surface area contributed by atoms with Gasteiger partial charge in [0, 0.05) is 19.0 Å². The Balaban J connectivity index is 1.35. The van der Waals surface area contributed by atoms with Crippen molar-refractivity contribution in [3.8, 4) is 11.5 Å². The van der Waals surface area contributed by atoms with E-state index in [1.54, 1.807) is 14.2 Å². The second-order valence-corrected chi connectivity index (χ2v) is 7.62. The molecule has 29 heavy (non-hydrogen) atoms. The van der Waals surface area contributed by atoms with Crippen LogP contribution in [0.4, 0.5) is 0 Å². The molecule has 0 saturated carbocycles. The molecule has 1 amide bonds. The number of hydrogen-bond acceptors (Lipinski definition) is 4. The second-order valence-electron chi connectivity index (χ2n) is 7.62. The van der Waals surface area contributed by atoms with E-state index in [1.807, 2.05) is 24.3 Å². The molecule has 1 aliphatic heterocycles. The highest BCUT2D eigenvalue weighted by atomic mass is 16.5. The number of nitrogens with zero attached hydrogens (tertiary/aromatic N) is 1.